The second kappa shape index (κ2) is 5.63. The predicted octanol–water partition coefficient (Wildman–Crippen LogP) is 3.96. The molecule has 1 heterocycles. The van der Waals surface area contributed by atoms with Gasteiger partial charge in [-0.15, -0.1) is 11.3 Å². The third-order valence-corrected chi connectivity index (χ3v) is 4.11. The molecule has 1 aromatic heterocycles. The van der Waals surface area contributed by atoms with E-state index in [9.17, 15) is 4.79 Å². The Morgan fingerprint density at radius 2 is 1.84 bits per heavy atom. The van der Waals surface area contributed by atoms with E-state index in [4.69, 9.17) is 21.1 Å². The minimum atomic E-state index is -0.0987. The molecule has 2 aromatic rings. The quantitative estimate of drug-likeness (QED) is 0.801. The highest BCUT2D eigenvalue weighted by Crippen LogP contribution is 2.35. The van der Waals surface area contributed by atoms with Crippen molar-refractivity contribution in [3.8, 4) is 11.5 Å². The van der Waals surface area contributed by atoms with Crippen LogP contribution in [0.2, 0.25) is 5.02 Å². The molecule has 0 aliphatic carbocycles. The molecular formula is C14H13ClO3S. The van der Waals surface area contributed by atoms with E-state index in [1.807, 2.05) is 18.4 Å². The van der Waals surface area contributed by atoms with E-state index < -0.39 is 0 Å². The Morgan fingerprint density at radius 1 is 1.21 bits per heavy atom. The van der Waals surface area contributed by atoms with Crippen molar-refractivity contribution in [2.75, 3.05) is 14.2 Å². The number of ketones is 1. The van der Waals surface area contributed by atoms with Gasteiger partial charge in [0.15, 0.2) is 11.5 Å². The van der Waals surface area contributed by atoms with Crippen LogP contribution in [0, 0.1) is 6.92 Å². The summed E-state index contributed by atoms with van der Waals surface area (Å²) >= 11 is 7.55. The topological polar surface area (TPSA) is 35.5 Å². The van der Waals surface area contributed by atoms with E-state index in [0.717, 1.165) is 5.56 Å². The molecule has 0 saturated carbocycles. The van der Waals surface area contributed by atoms with Crippen LogP contribution in [-0.4, -0.2) is 20.0 Å². The third kappa shape index (κ3) is 2.60. The molecule has 0 atom stereocenters. The molecule has 1 aromatic carbocycles. The summed E-state index contributed by atoms with van der Waals surface area (Å²) in [6.45, 7) is 1.90. The number of thiophene rings is 1. The number of carbonyl (C=O) groups is 1. The molecule has 0 saturated heterocycles. The molecule has 5 heteroatoms. The molecule has 0 fully saturated rings. The number of benzene rings is 1. The second-order valence-electron chi connectivity index (χ2n) is 3.95. The number of hydrogen-bond donors (Lipinski definition) is 0. The monoisotopic (exact) mass is 296 g/mol. The van der Waals surface area contributed by atoms with Crippen LogP contribution in [0.3, 0.4) is 0 Å². The molecule has 0 aliphatic rings. The van der Waals surface area contributed by atoms with Gasteiger partial charge in [0.2, 0.25) is 5.78 Å². The lowest BCUT2D eigenvalue weighted by Gasteiger charge is -2.11. The van der Waals surface area contributed by atoms with E-state index >= 15 is 0 Å². The fourth-order valence-electron chi connectivity index (χ4n) is 1.76. The molecule has 0 radical (unpaired) electrons. The van der Waals surface area contributed by atoms with E-state index in [1.54, 1.807) is 12.1 Å². The number of carbonyl (C=O) groups excluding carboxylic acids is 1. The molecule has 0 bridgehead atoms. The van der Waals surface area contributed by atoms with Gasteiger partial charge >= 0.3 is 0 Å². The van der Waals surface area contributed by atoms with Gasteiger partial charge in [-0.05, 0) is 30.0 Å². The van der Waals surface area contributed by atoms with Crippen LogP contribution in [0.4, 0.5) is 0 Å². The van der Waals surface area contributed by atoms with Gasteiger partial charge < -0.3 is 9.47 Å². The maximum atomic E-state index is 12.4. The van der Waals surface area contributed by atoms with E-state index in [-0.39, 0.29) is 5.78 Å². The van der Waals surface area contributed by atoms with Crippen molar-refractivity contribution >= 4 is 28.7 Å². The number of hydrogen-bond acceptors (Lipinski definition) is 4. The molecular weight excluding hydrogens is 284 g/mol. The SMILES string of the molecule is COc1cc(Cl)c(C(=O)c2sccc2C)cc1OC. The summed E-state index contributed by atoms with van der Waals surface area (Å²) in [5.74, 6) is 0.898. The Bertz CT molecular complexity index is 619. The number of ether oxygens (including phenoxy) is 2. The van der Waals surface area contributed by atoms with Crippen molar-refractivity contribution < 1.29 is 14.3 Å². The standard InChI is InChI=1S/C14H13ClO3S/c1-8-4-5-19-14(8)13(16)9-6-11(17-2)12(18-3)7-10(9)15/h4-7H,1-3H3. The van der Waals surface area contributed by atoms with Gasteiger partial charge in [0.05, 0.1) is 24.1 Å². The first-order valence-electron chi connectivity index (χ1n) is 5.58. The fraction of sp³-hybridized carbons (Fsp3) is 0.214. The average Bonchev–Trinajstić information content (AvgIpc) is 2.83. The lowest BCUT2D eigenvalue weighted by Crippen LogP contribution is -2.03. The van der Waals surface area contributed by atoms with Crippen molar-refractivity contribution in [1.82, 2.24) is 0 Å². The fourth-order valence-corrected chi connectivity index (χ4v) is 2.87. The Morgan fingerprint density at radius 3 is 2.37 bits per heavy atom. The molecule has 0 amide bonds. The lowest BCUT2D eigenvalue weighted by molar-refractivity contribution is 0.104. The van der Waals surface area contributed by atoms with E-state index in [0.29, 0.717) is 27.0 Å². The van der Waals surface area contributed by atoms with Crippen LogP contribution in [0.1, 0.15) is 20.8 Å². The highest BCUT2D eigenvalue weighted by Gasteiger charge is 2.19. The Labute approximate surface area is 120 Å². The molecule has 100 valence electrons. The van der Waals surface area contributed by atoms with Gasteiger partial charge in [-0.25, -0.2) is 0 Å². The van der Waals surface area contributed by atoms with Crippen LogP contribution in [-0.2, 0) is 0 Å². The van der Waals surface area contributed by atoms with Gasteiger partial charge in [0, 0.05) is 11.6 Å². The smallest absolute Gasteiger partial charge is 0.204 e. The summed E-state index contributed by atoms with van der Waals surface area (Å²) in [6, 6.07) is 5.12. The van der Waals surface area contributed by atoms with Crippen molar-refractivity contribution in [3.05, 3.63) is 44.6 Å². The molecule has 0 unspecified atom stereocenters. The van der Waals surface area contributed by atoms with Gasteiger partial charge in [-0.2, -0.15) is 0 Å². The largest absolute Gasteiger partial charge is 0.493 e. The average molecular weight is 297 g/mol. The lowest BCUT2D eigenvalue weighted by atomic mass is 10.1. The summed E-state index contributed by atoms with van der Waals surface area (Å²) in [6.07, 6.45) is 0. The zero-order chi connectivity index (χ0) is 14.0. The van der Waals surface area contributed by atoms with Gasteiger partial charge in [-0.3, -0.25) is 4.79 Å². The van der Waals surface area contributed by atoms with Gasteiger partial charge in [-0.1, -0.05) is 11.6 Å². The first-order chi connectivity index (χ1) is 9.08. The Balaban J connectivity index is 2.51. The first kappa shape index (κ1) is 13.9. The van der Waals surface area contributed by atoms with Crippen LogP contribution in [0.25, 0.3) is 0 Å². The molecule has 0 aliphatic heterocycles. The van der Waals surface area contributed by atoms with Crippen LogP contribution >= 0.6 is 22.9 Å². The van der Waals surface area contributed by atoms with Crippen molar-refractivity contribution in [3.63, 3.8) is 0 Å². The summed E-state index contributed by atoms with van der Waals surface area (Å²) in [5, 5.41) is 2.24. The van der Waals surface area contributed by atoms with Gasteiger partial charge in [0.25, 0.3) is 0 Å². The van der Waals surface area contributed by atoms with E-state index in [1.165, 1.54) is 25.6 Å². The minimum Gasteiger partial charge on any atom is -0.493 e. The van der Waals surface area contributed by atoms with Crippen LogP contribution in [0.15, 0.2) is 23.6 Å². The molecule has 2 rings (SSSR count). The van der Waals surface area contributed by atoms with Crippen LogP contribution in [0.5, 0.6) is 11.5 Å². The van der Waals surface area contributed by atoms with E-state index in [2.05, 4.69) is 0 Å². The summed E-state index contributed by atoms with van der Waals surface area (Å²) in [5.41, 5.74) is 1.37. The number of rotatable bonds is 4. The second-order valence-corrected chi connectivity index (χ2v) is 5.27. The molecule has 0 N–H and O–H groups in total. The maximum Gasteiger partial charge on any atom is 0.204 e. The predicted molar refractivity (Wildman–Crippen MR) is 77.0 cm³/mol. The Kier molecular flexibility index (Phi) is 4.12. The first-order valence-corrected chi connectivity index (χ1v) is 6.84. The highest BCUT2D eigenvalue weighted by molar-refractivity contribution is 7.12. The van der Waals surface area contributed by atoms with Gasteiger partial charge in [0.1, 0.15) is 0 Å². The van der Waals surface area contributed by atoms with Crippen LogP contribution < -0.4 is 9.47 Å². The number of aryl methyl sites for hydroxylation is 1. The van der Waals surface area contributed by atoms with Crippen molar-refractivity contribution in [2.24, 2.45) is 0 Å². The van der Waals surface area contributed by atoms with Crippen molar-refractivity contribution in [2.45, 2.75) is 6.92 Å². The molecule has 0 spiro atoms. The number of halogens is 1. The molecule has 3 nitrogen and oxygen atoms in total. The maximum absolute atomic E-state index is 12.4. The van der Waals surface area contributed by atoms with Crippen molar-refractivity contribution in [1.29, 1.82) is 0 Å². The Hall–Kier alpha value is -1.52. The minimum absolute atomic E-state index is 0.0987. The zero-order valence-electron chi connectivity index (χ0n) is 10.8. The highest BCUT2D eigenvalue weighted by atomic mass is 35.5. The summed E-state index contributed by atoms with van der Waals surface area (Å²) in [7, 11) is 3.05. The molecule has 19 heavy (non-hydrogen) atoms. The third-order valence-electron chi connectivity index (χ3n) is 2.79. The normalized spacial score (nSPS) is 10.3. The number of methoxy groups -OCH3 is 2. The summed E-state index contributed by atoms with van der Waals surface area (Å²) < 4.78 is 10.3. The zero-order valence-corrected chi connectivity index (χ0v) is 12.4. The summed E-state index contributed by atoms with van der Waals surface area (Å²) in [4.78, 5) is 13.1.